The minimum absolute atomic E-state index is 0.0637. The van der Waals surface area contributed by atoms with Gasteiger partial charge in [0.25, 0.3) is 0 Å². The highest BCUT2D eigenvalue weighted by atomic mass is 32.2. The molecular formula is C10H18O5S. The molecular weight excluding hydrogens is 232 g/mol. The fraction of sp³-hybridized carbons (Fsp3) is 0.900. The van der Waals surface area contributed by atoms with Crippen molar-refractivity contribution in [1.29, 1.82) is 0 Å². The molecule has 6 heteroatoms. The molecule has 1 aliphatic heterocycles. The maximum Gasteiger partial charge on any atom is 0.332 e. The van der Waals surface area contributed by atoms with Crippen molar-refractivity contribution in [2.24, 2.45) is 0 Å². The minimum atomic E-state index is -3.16. The van der Waals surface area contributed by atoms with Crippen molar-refractivity contribution in [3.63, 3.8) is 0 Å². The van der Waals surface area contributed by atoms with Gasteiger partial charge in [-0.1, -0.05) is 6.92 Å². The third-order valence-electron chi connectivity index (χ3n) is 2.99. The van der Waals surface area contributed by atoms with Crippen LogP contribution in [0.3, 0.4) is 0 Å². The lowest BCUT2D eigenvalue weighted by Crippen LogP contribution is -2.29. The zero-order valence-electron chi connectivity index (χ0n) is 9.55. The number of hydrogen-bond acceptors (Lipinski definition) is 4. The topological polar surface area (TPSA) is 80.7 Å². The Morgan fingerprint density at radius 3 is 2.56 bits per heavy atom. The third kappa shape index (κ3) is 3.18. The SMILES string of the molecule is CCC(C)S(=O)(=O)CC1CCC(C(=O)O)O1. The van der Waals surface area contributed by atoms with Crippen LogP contribution in [-0.4, -0.2) is 42.7 Å². The number of carboxylic acids is 1. The van der Waals surface area contributed by atoms with Gasteiger partial charge in [0.1, 0.15) is 0 Å². The summed E-state index contributed by atoms with van der Waals surface area (Å²) in [7, 11) is -3.16. The van der Waals surface area contributed by atoms with Crippen LogP contribution >= 0.6 is 0 Å². The van der Waals surface area contributed by atoms with Crippen LogP contribution in [0.5, 0.6) is 0 Å². The van der Waals surface area contributed by atoms with Crippen LogP contribution in [-0.2, 0) is 19.4 Å². The van der Waals surface area contributed by atoms with E-state index in [0.717, 1.165) is 0 Å². The quantitative estimate of drug-likeness (QED) is 0.781. The molecule has 94 valence electrons. The Hall–Kier alpha value is -0.620. The molecule has 0 aromatic heterocycles. The van der Waals surface area contributed by atoms with E-state index in [9.17, 15) is 13.2 Å². The number of aliphatic carboxylic acids is 1. The molecule has 16 heavy (non-hydrogen) atoms. The average Bonchev–Trinajstić information content (AvgIpc) is 2.64. The normalized spacial score (nSPS) is 27.9. The molecule has 0 radical (unpaired) electrons. The molecule has 1 saturated heterocycles. The van der Waals surface area contributed by atoms with Gasteiger partial charge >= 0.3 is 5.97 Å². The minimum Gasteiger partial charge on any atom is -0.479 e. The number of hydrogen-bond donors (Lipinski definition) is 1. The number of carbonyl (C=O) groups is 1. The first-order chi connectivity index (χ1) is 7.36. The first kappa shape index (κ1) is 13.4. The van der Waals surface area contributed by atoms with Gasteiger partial charge < -0.3 is 9.84 Å². The summed E-state index contributed by atoms with van der Waals surface area (Å²) in [6.07, 6.45) is 0.178. The Morgan fingerprint density at radius 2 is 2.12 bits per heavy atom. The van der Waals surface area contributed by atoms with E-state index in [0.29, 0.717) is 19.3 Å². The summed E-state index contributed by atoms with van der Waals surface area (Å²) in [5.41, 5.74) is 0. The van der Waals surface area contributed by atoms with Crippen LogP contribution in [0.25, 0.3) is 0 Å². The first-order valence-electron chi connectivity index (χ1n) is 5.46. The molecule has 0 aromatic carbocycles. The number of ether oxygens (including phenoxy) is 1. The summed E-state index contributed by atoms with van der Waals surface area (Å²) in [4.78, 5) is 10.6. The van der Waals surface area contributed by atoms with Crippen molar-refractivity contribution in [3.05, 3.63) is 0 Å². The molecule has 5 nitrogen and oxygen atoms in total. The van der Waals surface area contributed by atoms with E-state index in [1.165, 1.54) is 0 Å². The van der Waals surface area contributed by atoms with Crippen molar-refractivity contribution in [2.75, 3.05) is 5.75 Å². The van der Waals surface area contributed by atoms with Gasteiger partial charge in [-0.2, -0.15) is 0 Å². The predicted octanol–water partition coefficient (Wildman–Crippen LogP) is 0.832. The average molecular weight is 250 g/mol. The summed E-state index contributed by atoms with van der Waals surface area (Å²) in [6.45, 7) is 3.48. The standard InChI is InChI=1S/C10H18O5S/c1-3-7(2)16(13,14)6-8-4-5-9(15-8)10(11)12/h7-9H,3-6H2,1-2H3,(H,11,12). The van der Waals surface area contributed by atoms with Gasteiger partial charge in [0.05, 0.1) is 17.1 Å². The fourth-order valence-electron chi connectivity index (χ4n) is 1.69. The third-order valence-corrected chi connectivity index (χ3v) is 5.38. The summed E-state index contributed by atoms with van der Waals surface area (Å²) < 4.78 is 28.7. The summed E-state index contributed by atoms with van der Waals surface area (Å²) in [6, 6.07) is 0. The van der Waals surface area contributed by atoms with Gasteiger partial charge in [-0.05, 0) is 26.2 Å². The second kappa shape index (κ2) is 5.14. The van der Waals surface area contributed by atoms with Crippen molar-refractivity contribution in [3.8, 4) is 0 Å². The van der Waals surface area contributed by atoms with Gasteiger partial charge in [0.2, 0.25) is 0 Å². The lowest BCUT2D eigenvalue weighted by atomic mass is 10.2. The van der Waals surface area contributed by atoms with Crippen LogP contribution in [0.2, 0.25) is 0 Å². The smallest absolute Gasteiger partial charge is 0.332 e. The highest BCUT2D eigenvalue weighted by Gasteiger charge is 2.34. The van der Waals surface area contributed by atoms with Gasteiger partial charge in [-0.25, -0.2) is 13.2 Å². The molecule has 0 saturated carbocycles. The Balaban J connectivity index is 2.54. The molecule has 0 spiro atoms. The zero-order chi connectivity index (χ0) is 12.3. The summed E-state index contributed by atoms with van der Waals surface area (Å²) in [5, 5.41) is 8.32. The van der Waals surface area contributed by atoms with Gasteiger partial charge in [-0.3, -0.25) is 0 Å². The highest BCUT2D eigenvalue weighted by molar-refractivity contribution is 7.92. The zero-order valence-corrected chi connectivity index (χ0v) is 10.4. The van der Waals surface area contributed by atoms with Gasteiger partial charge in [0, 0.05) is 0 Å². The molecule has 0 aromatic rings. The number of carboxylic acid groups (broad SMARTS) is 1. The van der Waals surface area contributed by atoms with Gasteiger partial charge in [0.15, 0.2) is 15.9 Å². The Labute approximate surface area is 95.7 Å². The molecule has 3 unspecified atom stereocenters. The summed E-state index contributed by atoms with van der Waals surface area (Å²) in [5.74, 6) is -1.07. The van der Waals surface area contributed by atoms with Crippen molar-refractivity contribution >= 4 is 15.8 Å². The van der Waals surface area contributed by atoms with E-state index in [2.05, 4.69) is 0 Å². The van der Waals surface area contributed by atoms with E-state index in [1.807, 2.05) is 6.92 Å². The van der Waals surface area contributed by atoms with E-state index in [4.69, 9.17) is 9.84 Å². The second-order valence-corrected chi connectivity index (χ2v) is 6.67. The number of sulfone groups is 1. The molecule has 1 fully saturated rings. The monoisotopic (exact) mass is 250 g/mol. The molecule has 0 aliphatic carbocycles. The Bertz CT molecular complexity index is 348. The summed E-state index contributed by atoms with van der Waals surface area (Å²) >= 11 is 0. The molecule has 3 atom stereocenters. The molecule has 1 heterocycles. The lowest BCUT2D eigenvalue weighted by Gasteiger charge is -2.15. The highest BCUT2D eigenvalue weighted by Crippen LogP contribution is 2.22. The van der Waals surface area contributed by atoms with E-state index in [-0.39, 0.29) is 11.0 Å². The molecule has 1 rings (SSSR count). The van der Waals surface area contributed by atoms with Crippen LogP contribution in [0, 0.1) is 0 Å². The second-order valence-electron chi connectivity index (χ2n) is 4.21. The van der Waals surface area contributed by atoms with Crippen LogP contribution in [0.15, 0.2) is 0 Å². The Kier molecular flexibility index (Phi) is 4.32. The molecule has 0 amide bonds. The molecule has 1 aliphatic rings. The maximum atomic E-state index is 11.8. The van der Waals surface area contributed by atoms with Crippen LogP contribution in [0.1, 0.15) is 33.1 Å². The number of rotatable bonds is 5. The van der Waals surface area contributed by atoms with Crippen molar-refractivity contribution in [2.45, 2.75) is 50.6 Å². The fourth-order valence-corrected chi connectivity index (χ4v) is 3.29. The largest absolute Gasteiger partial charge is 0.479 e. The van der Waals surface area contributed by atoms with Crippen LogP contribution < -0.4 is 0 Å². The van der Waals surface area contributed by atoms with Crippen molar-refractivity contribution in [1.82, 2.24) is 0 Å². The van der Waals surface area contributed by atoms with E-state index < -0.39 is 28.0 Å². The predicted molar refractivity (Wildman–Crippen MR) is 59.1 cm³/mol. The lowest BCUT2D eigenvalue weighted by molar-refractivity contribution is -0.148. The van der Waals surface area contributed by atoms with Gasteiger partial charge in [-0.15, -0.1) is 0 Å². The first-order valence-corrected chi connectivity index (χ1v) is 7.18. The molecule has 1 N–H and O–H groups in total. The Morgan fingerprint density at radius 1 is 1.50 bits per heavy atom. The molecule has 0 bridgehead atoms. The van der Waals surface area contributed by atoms with Crippen molar-refractivity contribution < 1.29 is 23.1 Å². The van der Waals surface area contributed by atoms with Crippen LogP contribution in [0.4, 0.5) is 0 Å². The van der Waals surface area contributed by atoms with E-state index in [1.54, 1.807) is 6.92 Å². The maximum absolute atomic E-state index is 11.8. The van der Waals surface area contributed by atoms with E-state index >= 15 is 0 Å².